The van der Waals surface area contributed by atoms with E-state index in [2.05, 4.69) is 45.2 Å². The van der Waals surface area contributed by atoms with Crippen molar-refractivity contribution in [3.05, 3.63) is 64.9 Å². The fourth-order valence-electron chi connectivity index (χ4n) is 2.01. The topological polar surface area (TPSA) is 30.7 Å². The first-order chi connectivity index (χ1) is 9.25. The molecule has 0 unspecified atom stereocenters. The third kappa shape index (κ3) is 2.31. The summed E-state index contributed by atoms with van der Waals surface area (Å²) in [5.41, 5.74) is 3.29. The quantitative estimate of drug-likeness (QED) is 0.715. The molecule has 0 bridgehead atoms. The first kappa shape index (κ1) is 12.1. The lowest BCUT2D eigenvalue weighted by molar-refractivity contribution is 1.06. The van der Waals surface area contributed by atoms with Crippen molar-refractivity contribution in [2.24, 2.45) is 0 Å². The average molecular weight is 314 g/mol. The molecule has 0 amide bonds. The van der Waals surface area contributed by atoms with Gasteiger partial charge in [0.2, 0.25) is 0 Å². The smallest absolute Gasteiger partial charge is 0.169 e. The van der Waals surface area contributed by atoms with E-state index in [0.29, 0.717) is 0 Å². The number of aryl methyl sites for hydroxylation is 1. The van der Waals surface area contributed by atoms with Crippen LogP contribution in [0.1, 0.15) is 5.56 Å². The van der Waals surface area contributed by atoms with E-state index in [9.17, 15) is 0 Å². The van der Waals surface area contributed by atoms with Gasteiger partial charge in [0.1, 0.15) is 6.33 Å². The minimum absolute atomic E-state index is 0.835. The molecular formula is C15H12BrN3. The number of halogens is 1. The summed E-state index contributed by atoms with van der Waals surface area (Å²) >= 11 is 3.58. The maximum atomic E-state index is 4.25. The Kier molecular flexibility index (Phi) is 3.17. The van der Waals surface area contributed by atoms with Crippen molar-refractivity contribution in [1.82, 2.24) is 14.8 Å². The second-order valence-corrected chi connectivity index (χ2v) is 5.20. The Hall–Kier alpha value is -1.94. The van der Waals surface area contributed by atoms with Crippen LogP contribution in [0.3, 0.4) is 0 Å². The maximum Gasteiger partial charge on any atom is 0.169 e. The standard InChI is InChI=1S/C15H12BrN3/c1-11-7-8-14(16)13(9-11)15-18-17-10-19(15)12-5-3-2-4-6-12/h2-10H,1H3. The first-order valence-corrected chi connectivity index (χ1v) is 6.77. The summed E-state index contributed by atoms with van der Waals surface area (Å²) in [7, 11) is 0. The fraction of sp³-hybridized carbons (Fsp3) is 0.0667. The van der Waals surface area contributed by atoms with Crippen molar-refractivity contribution in [3.63, 3.8) is 0 Å². The summed E-state index contributed by atoms with van der Waals surface area (Å²) in [4.78, 5) is 0. The summed E-state index contributed by atoms with van der Waals surface area (Å²) in [6, 6.07) is 16.3. The normalized spacial score (nSPS) is 10.6. The predicted molar refractivity (Wildman–Crippen MR) is 79.2 cm³/mol. The lowest BCUT2D eigenvalue weighted by Gasteiger charge is -2.08. The van der Waals surface area contributed by atoms with Crippen molar-refractivity contribution in [2.45, 2.75) is 6.92 Å². The van der Waals surface area contributed by atoms with E-state index >= 15 is 0 Å². The molecule has 1 aromatic heterocycles. The SMILES string of the molecule is Cc1ccc(Br)c(-c2nncn2-c2ccccc2)c1. The van der Waals surface area contributed by atoms with Crippen LogP contribution in [0.4, 0.5) is 0 Å². The average Bonchev–Trinajstić information content (AvgIpc) is 2.91. The molecule has 3 nitrogen and oxygen atoms in total. The lowest BCUT2D eigenvalue weighted by atomic mass is 10.1. The molecule has 0 radical (unpaired) electrons. The van der Waals surface area contributed by atoms with Gasteiger partial charge in [-0.25, -0.2) is 0 Å². The minimum Gasteiger partial charge on any atom is -0.282 e. The van der Waals surface area contributed by atoms with E-state index in [1.54, 1.807) is 6.33 Å². The monoisotopic (exact) mass is 313 g/mol. The molecule has 2 aromatic carbocycles. The van der Waals surface area contributed by atoms with Crippen LogP contribution in [0.5, 0.6) is 0 Å². The number of nitrogens with zero attached hydrogens (tertiary/aromatic N) is 3. The number of para-hydroxylation sites is 1. The summed E-state index contributed by atoms with van der Waals surface area (Å²) < 4.78 is 3.00. The number of aromatic nitrogens is 3. The summed E-state index contributed by atoms with van der Waals surface area (Å²) in [6.07, 6.45) is 1.74. The second kappa shape index (κ2) is 4.97. The number of rotatable bonds is 2. The summed E-state index contributed by atoms with van der Waals surface area (Å²) in [5, 5.41) is 8.29. The zero-order valence-electron chi connectivity index (χ0n) is 10.4. The highest BCUT2D eigenvalue weighted by Gasteiger charge is 2.12. The van der Waals surface area contributed by atoms with E-state index in [-0.39, 0.29) is 0 Å². The van der Waals surface area contributed by atoms with Crippen molar-refractivity contribution in [1.29, 1.82) is 0 Å². The molecule has 1 heterocycles. The number of hydrogen-bond acceptors (Lipinski definition) is 2. The fourth-order valence-corrected chi connectivity index (χ4v) is 2.43. The second-order valence-electron chi connectivity index (χ2n) is 4.34. The molecule has 3 aromatic rings. The Morgan fingerprint density at radius 2 is 1.84 bits per heavy atom. The van der Waals surface area contributed by atoms with E-state index < -0.39 is 0 Å². The van der Waals surface area contributed by atoms with Crippen LogP contribution in [-0.4, -0.2) is 14.8 Å². The minimum atomic E-state index is 0.835. The van der Waals surface area contributed by atoms with Crippen molar-refractivity contribution in [2.75, 3.05) is 0 Å². The van der Waals surface area contributed by atoms with Crippen molar-refractivity contribution >= 4 is 15.9 Å². The van der Waals surface area contributed by atoms with Gasteiger partial charge in [0.25, 0.3) is 0 Å². The van der Waals surface area contributed by atoms with Crippen LogP contribution in [0, 0.1) is 6.92 Å². The molecule has 0 N–H and O–H groups in total. The molecule has 0 aliphatic heterocycles. The molecule has 4 heteroatoms. The Morgan fingerprint density at radius 3 is 2.63 bits per heavy atom. The largest absolute Gasteiger partial charge is 0.282 e. The molecule has 0 aliphatic carbocycles. The molecule has 94 valence electrons. The Bertz CT molecular complexity index is 704. The van der Waals surface area contributed by atoms with E-state index in [4.69, 9.17) is 0 Å². The molecular weight excluding hydrogens is 302 g/mol. The van der Waals surface area contributed by atoms with Gasteiger partial charge in [0.05, 0.1) is 0 Å². The van der Waals surface area contributed by atoms with Gasteiger partial charge in [0, 0.05) is 15.7 Å². The molecule has 0 fully saturated rings. The van der Waals surface area contributed by atoms with Gasteiger partial charge in [-0.15, -0.1) is 10.2 Å². The highest BCUT2D eigenvalue weighted by Crippen LogP contribution is 2.29. The molecule has 0 saturated heterocycles. The highest BCUT2D eigenvalue weighted by atomic mass is 79.9. The summed E-state index contributed by atoms with van der Waals surface area (Å²) in [6.45, 7) is 2.07. The van der Waals surface area contributed by atoms with Gasteiger partial charge in [0.15, 0.2) is 5.82 Å². The number of benzene rings is 2. The molecule has 19 heavy (non-hydrogen) atoms. The van der Waals surface area contributed by atoms with E-state index in [1.165, 1.54) is 5.56 Å². The van der Waals surface area contributed by atoms with Crippen LogP contribution >= 0.6 is 15.9 Å². The van der Waals surface area contributed by atoms with E-state index in [1.807, 2.05) is 41.0 Å². The maximum absolute atomic E-state index is 4.25. The molecule has 0 aliphatic rings. The van der Waals surface area contributed by atoms with Gasteiger partial charge in [-0.3, -0.25) is 4.57 Å². The lowest BCUT2D eigenvalue weighted by Crippen LogP contribution is -1.96. The highest BCUT2D eigenvalue weighted by molar-refractivity contribution is 9.10. The van der Waals surface area contributed by atoms with Crippen molar-refractivity contribution < 1.29 is 0 Å². The van der Waals surface area contributed by atoms with Crippen LogP contribution in [0.25, 0.3) is 17.1 Å². The van der Waals surface area contributed by atoms with Crippen LogP contribution in [0.2, 0.25) is 0 Å². The molecule has 0 saturated carbocycles. The van der Waals surface area contributed by atoms with Gasteiger partial charge in [-0.05, 0) is 31.2 Å². The molecule has 0 atom stereocenters. The van der Waals surface area contributed by atoms with Gasteiger partial charge < -0.3 is 0 Å². The van der Waals surface area contributed by atoms with Crippen LogP contribution < -0.4 is 0 Å². The Balaban J connectivity index is 2.18. The third-order valence-corrected chi connectivity index (χ3v) is 3.64. The Labute approximate surface area is 120 Å². The predicted octanol–water partition coefficient (Wildman–Crippen LogP) is 4.01. The molecule has 3 rings (SSSR count). The van der Waals surface area contributed by atoms with Crippen molar-refractivity contribution in [3.8, 4) is 17.1 Å². The van der Waals surface area contributed by atoms with Crippen LogP contribution in [0.15, 0.2) is 59.3 Å². The Morgan fingerprint density at radius 1 is 1.05 bits per heavy atom. The van der Waals surface area contributed by atoms with Gasteiger partial charge in [-0.1, -0.05) is 45.8 Å². The van der Waals surface area contributed by atoms with Gasteiger partial charge in [-0.2, -0.15) is 0 Å². The summed E-state index contributed by atoms with van der Waals surface area (Å²) in [5.74, 6) is 0.835. The zero-order valence-corrected chi connectivity index (χ0v) is 12.0. The number of hydrogen-bond donors (Lipinski definition) is 0. The van der Waals surface area contributed by atoms with E-state index in [0.717, 1.165) is 21.5 Å². The third-order valence-electron chi connectivity index (χ3n) is 2.94. The van der Waals surface area contributed by atoms with Crippen LogP contribution in [-0.2, 0) is 0 Å². The zero-order chi connectivity index (χ0) is 13.2. The first-order valence-electron chi connectivity index (χ1n) is 5.97. The van der Waals surface area contributed by atoms with Gasteiger partial charge >= 0.3 is 0 Å². The molecule has 0 spiro atoms.